The number of benzene rings is 1. The zero-order chi connectivity index (χ0) is 14.0. The molecule has 1 aromatic rings. The molecule has 5 nitrogen and oxygen atoms in total. The van der Waals surface area contributed by atoms with Crippen LogP contribution in [0, 0.1) is 13.8 Å². The molecule has 100 valence electrons. The molecule has 0 aromatic heterocycles. The van der Waals surface area contributed by atoms with Crippen LogP contribution in [0.5, 0.6) is 11.5 Å². The number of aliphatic hydroxyl groups is 1. The largest absolute Gasteiger partial charge is 0.493 e. The average Bonchev–Trinajstić information content (AvgIpc) is 2.34. The summed E-state index contributed by atoms with van der Waals surface area (Å²) in [5.41, 5.74) is 1.59. The summed E-state index contributed by atoms with van der Waals surface area (Å²) < 4.78 is 11.1. The number of carboxylic acids is 1. The van der Waals surface area contributed by atoms with Gasteiger partial charge in [0, 0.05) is 15.6 Å². The Balaban J connectivity index is 3.68. The third-order valence-electron chi connectivity index (χ3n) is 2.77. The van der Waals surface area contributed by atoms with Crippen molar-refractivity contribution in [2.45, 2.75) is 20.0 Å². The Morgan fingerprint density at radius 2 is 1.67 bits per heavy atom. The van der Waals surface area contributed by atoms with Gasteiger partial charge in [0.15, 0.2) is 17.6 Å². The highest BCUT2D eigenvalue weighted by Crippen LogP contribution is 2.44. The zero-order valence-electron chi connectivity index (χ0n) is 10.6. The van der Waals surface area contributed by atoms with Crippen LogP contribution in [0.3, 0.4) is 0 Å². The van der Waals surface area contributed by atoms with Crippen LogP contribution < -0.4 is 9.47 Å². The number of aliphatic hydroxyl groups excluding tert-OH is 1. The van der Waals surface area contributed by atoms with Gasteiger partial charge in [-0.05, 0) is 19.4 Å². The second-order valence-electron chi connectivity index (χ2n) is 3.78. The Morgan fingerprint density at radius 3 is 2.06 bits per heavy atom. The van der Waals surface area contributed by atoms with Crippen molar-refractivity contribution >= 4 is 21.9 Å². The van der Waals surface area contributed by atoms with E-state index in [-0.39, 0.29) is 11.3 Å². The Bertz CT molecular complexity index is 484. The Kier molecular flexibility index (Phi) is 4.59. The van der Waals surface area contributed by atoms with Crippen molar-refractivity contribution in [3.63, 3.8) is 0 Å². The van der Waals surface area contributed by atoms with Crippen molar-refractivity contribution in [3.05, 3.63) is 21.2 Å². The number of carbonyl (C=O) groups is 1. The van der Waals surface area contributed by atoms with Crippen molar-refractivity contribution < 1.29 is 24.5 Å². The number of hydrogen-bond acceptors (Lipinski definition) is 4. The molecule has 0 aliphatic rings. The van der Waals surface area contributed by atoms with E-state index in [4.69, 9.17) is 14.6 Å². The quantitative estimate of drug-likeness (QED) is 0.890. The maximum atomic E-state index is 11.0. The number of halogens is 1. The molecule has 0 bridgehead atoms. The first-order valence-electron chi connectivity index (χ1n) is 5.18. The van der Waals surface area contributed by atoms with E-state index in [0.717, 1.165) is 5.56 Å². The molecule has 0 amide bonds. The summed E-state index contributed by atoms with van der Waals surface area (Å²) >= 11 is 3.36. The van der Waals surface area contributed by atoms with Crippen LogP contribution >= 0.6 is 15.9 Å². The summed E-state index contributed by atoms with van der Waals surface area (Å²) in [6, 6.07) is 0. The van der Waals surface area contributed by atoms with Gasteiger partial charge in [0.1, 0.15) is 0 Å². The van der Waals surface area contributed by atoms with Crippen LogP contribution in [0.4, 0.5) is 0 Å². The van der Waals surface area contributed by atoms with Crippen LogP contribution in [0.15, 0.2) is 4.47 Å². The van der Waals surface area contributed by atoms with E-state index in [1.165, 1.54) is 14.2 Å². The van der Waals surface area contributed by atoms with Crippen molar-refractivity contribution in [1.82, 2.24) is 0 Å². The molecule has 0 heterocycles. The Morgan fingerprint density at radius 1 is 1.17 bits per heavy atom. The van der Waals surface area contributed by atoms with Gasteiger partial charge in [-0.1, -0.05) is 15.9 Å². The molecule has 18 heavy (non-hydrogen) atoms. The molecule has 1 rings (SSSR count). The lowest BCUT2D eigenvalue weighted by atomic mass is 9.98. The van der Waals surface area contributed by atoms with Crippen molar-refractivity contribution in [1.29, 1.82) is 0 Å². The van der Waals surface area contributed by atoms with Crippen LogP contribution in [0.25, 0.3) is 0 Å². The molecule has 0 saturated heterocycles. The summed E-state index contributed by atoms with van der Waals surface area (Å²) in [7, 11) is 2.87. The predicted octanol–water partition coefficient (Wildman–Crippen LogP) is 2.20. The molecule has 2 N–H and O–H groups in total. The second-order valence-corrected chi connectivity index (χ2v) is 4.58. The minimum absolute atomic E-state index is 0.194. The van der Waals surface area contributed by atoms with Crippen LogP contribution in [-0.2, 0) is 4.79 Å². The number of hydrogen-bond donors (Lipinski definition) is 2. The van der Waals surface area contributed by atoms with E-state index in [2.05, 4.69) is 15.9 Å². The number of methoxy groups -OCH3 is 2. The molecule has 6 heteroatoms. The lowest BCUT2D eigenvalue weighted by Gasteiger charge is -2.21. The SMILES string of the molecule is COc1c(C)c(Br)c(C)c(C(O)C(=O)O)c1OC. The molecule has 0 radical (unpaired) electrons. The number of aliphatic carboxylic acids is 1. The van der Waals surface area contributed by atoms with Gasteiger partial charge in [0.2, 0.25) is 0 Å². The highest BCUT2D eigenvalue weighted by molar-refractivity contribution is 9.10. The van der Waals surface area contributed by atoms with Crippen molar-refractivity contribution in [2.75, 3.05) is 14.2 Å². The van der Waals surface area contributed by atoms with Crippen molar-refractivity contribution in [2.24, 2.45) is 0 Å². The van der Waals surface area contributed by atoms with E-state index in [0.29, 0.717) is 15.8 Å². The van der Waals surface area contributed by atoms with Gasteiger partial charge in [0.05, 0.1) is 14.2 Å². The maximum absolute atomic E-state index is 11.0. The topological polar surface area (TPSA) is 76.0 Å². The van der Waals surface area contributed by atoms with Gasteiger partial charge in [-0.2, -0.15) is 0 Å². The lowest BCUT2D eigenvalue weighted by Crippen LogP contribution is -2.14. The summed E-state index contributed by atoms with van der Waals surface area (Å²) in [4.78, 5) is 11.0. The van der Waals surface area contributed by atoms with E-state index >= 15 is 0 Å². The lowest BCUT2D eigenvalue weighted by molar-refractivity contribution is -0.147. The third-order valence-corrected chi connectivity index (χ3v) is 3.96. The molecular formula is C12H15BrO5. The van der Waals surface area contributed by atoms with Gasteiger partial charge < -0.3 is 19.7 Å². The normalized spacial score (nSPS) is 12.1. The van der Waals surface area contributed by atoms with Crippen LogP contribution in [0.1, 0.15) is 22.8 Å². The Labute approximate surface area is 113 Å². The number of carboxylic acid groups (broad SMARTS) is 1. The molecule has 0 fully saturated rings. The smallest absolute Gasteiger partial charge is 0.337 e. The number of rotatable bonds is 4. The summed E-state index contributed by atoms with van der Waals surface area (Å²) in [6.45, 7) is 3.52. The van der Waals surface area contributed by atoms with Gasteiger partial charge in [-0.3, -0.25) is 0 Å². The monoisotopic (exact) mass is 318 g/mol. The third kappa shape index (κ3) is 2.30. The minimum Gasteiger partial charge on any atom is -0.493 e. The van der Waals surface area contributed by atoms with Gasteiger partial charge >= 0.3 is 5.97 Å². The maximum Gasteiger partial charge on any atom is 0.337 e. The summed E-state index contributed by atoms with van der Waals surface area (Å²) in [6.07, 6.45) is -1.66. The predicted molar refractivity (Wildman–Crippen MR) is 69.3 cm³/mol. The van der Waals surface area contributed by atoms with Crippen molar-refractivity contribution in [3.8, 4) is 11.5 Å². The fraction of sp³-hybridized carbons (Fsp3) is 0.417. The summed E-state index contributed by atoms with van der Waals surface area (Å²) in [5.74, 6) is -0.690. The molecule has 1 unspecified atom stereocenters. The minimum atomic E-state index is -1.66. The molecular weight excluding hydrogens is 304 g/mol. The highest BCUT2D eigenvalue weighted by Gasteiger charge is 2.28. The van der Waals surface area contributed by atoms with Gasteiger partial charge in [-0.15, -0.1) is 0 Å². The van der Waals surface area contributed by atoms with Crippen LogP contribution in [0.2, 0.25) is 0 Å². The average molecular weight is 319 g/mol. The fourth-order valence-corrected chi connectivity index (χ4v) is 2.26. The second kappa shape index (κ2) is 5.58. The van der Waals surface area contributed by atoms with E-state index in [9.17, 15) is 9.90 Å². The van der Waals surface area contributed by atoms with Crippen LogP contribution in [-0.4, -0.2) is 30.4 Å². The zero-order valence-corrected chi connectivity index (χ0v) is 12.2. The first kappa shape index (κ1) is 14.8. The highest BCUT2D eigenvalue weighted by atomic mass is 79.9. The molecule has 0 saturated carbocycles. The van der Waals surface area contributed by atoms with Gasteiger partial charge in [0.25, 0.3) is 0 Å². The molecule has 0 spiro atoms. The standard InChI is InChI=1S/C12H15BrO5/c1-5-7(9(14)12(15)16)11(18-4)10(17-3)6(2)8(5)13/h9,14H,1-4H3,(H,15,16). The molecule has 1 atom stereocenters. The Hall–Kier alpha value is -1.27. The van der Waals surface area contributed by atoms with E-state index in [1.807, 2.05) is 6.92 Å². The first-order chi connectivity index (χ1) is 8.36. The number of ether oxygens (including phenoxy) is 2. The summed E-state index contributed by atoms with van der Waals surface area (Å²) in [5, 5.41) is 18.7. The van der Waals surface area contributed by atoms with E-state index < -0.39 is 12.1 Å². The van der Waals surface area contributed by atoms with E-state index in [1.54, 1.807) is 6.92 Å². The van der Waals surface area contributed by atoms with Gasteiger partial charge in [-0.25, -0.2) is 4.79 Å². The molecule has 1 aromatic carbocycles. The molecule has 0 aliphatic carbocycles. The fourth-order valence-electron chi connectivity index (χ4n) is 1.86. The first-order valence-corrected chi connectivity index (χ1v) is 5.97. The molecule has 0 aliphatic heterocycles.